The molecular weight excluding hydrogens is 306 g/mol. The number of hydrogen-bond donors (Lipinski definition) is 2. The SMILES string of the molecule is C[C@H](NC(=O)c1ccc(N)c(Br)c1)c1ccncc1. The van der Waals surface area contributed by atoms with Gasteiger partial charge in [0.15, 0.2) is 0 Å². The Morgan fingerprint density at radius 2 is 2.00 bits per heavy atom. The van der Waals surface area contributed by atoms with Gasteiger partial charge in [-0.15, -0.1) is 0 Å². The molecule has 0 aliphatic carbocycles. The van der Waals surface area contributed by atoms with Crippen molar-refractivity contribution in [2.45, 2.75) is 13.0 Å². The average Bonchev–Trinajstić information content (AvgIpc) is 2.42. The minimum absolute atomic E-state index is 0.0770. The Kier molecular flexibility index (Phi) is 4.16. The first-order valence-corrected chi connectivity index (χ1v) is 6.63. The molecule has 4 nitrogen and oxygen atoms in total. The zero-order chi connectivity index (χ0) is 13.8. The zero-order valence-corrected chi connectivity index (χ0v) is 12.0. The molecule has 0 unspecified atom stereocenters. The van der Waals surface area contributed by atoms with Gasteiger partial charge in [0, 0.05) is 28.1 Å². The number of benzene rings is 1. The molecule has 98 valence electrons. The predicted octanol–water partition coefficient (Wildman–Crippen LogP) is 2.92. The topological polar surface area (TPSA) is 68.0 Å². The number of pyridine rings is 1. The van der Waals surface area contributed by atoms with Gasteiger partial charge in [0.25, 0.3) is 5.91 Å². The highest BCUT2D eigenvalue weighted by molar-refractivity contribution is 9.10. The number of nitrogens with zero attached hydrogens (tertiary/aromatic N) is 1. The highest BCUT2D eigenvalue weighted by atomic mass is 79.9. The lowest BCUT2D eigenvalue weighted by atomic mass is 10.1. The standard InChI is InChI=1S/C14H14BrN3O/c1-9(10-4-6-17-7-5-10)18-14(19)11-2-3-13(16)12(15)8-11/h2-9H,16H2,1H3,(H,18,19)/t9-/m0/s1. The number of carbonyl (C=O) groups excluding carboxylic acids is 1. The molecule has 2 rings (SSSR count). The fourth-order valence-electron chi connectivity index (χ4n) is 1.68. The third-order valence-electron chi connectivity index (χ3n) is 2.82. The molecule has 1 heterocycles. The third kappa shape index (κ3) is 3.32. The van der Waals surface area contributed by atoms with E-state index in [1.165, 1.54) is 0 Å². The van der Waals surface area contributed by atoms with E-state index in [-0.39, 0.29) is 11.9 Å². The number of nitrogens with two attached hydrogens (primary N) is 1. The maximum absolute atomic E-state index is 12.1. The Balaban J connectivity index is 2.11. The molecule has 0 spiro atoms. The van der Waals surface area contributed by atoms with Crippen LogP contribution in [0.25, 0.3) is 0 Å². The molecule has 19 heavy (non-hydrogen) atoms. The fraction of sp³-hybridized carbons (Fsp3) is 0.143. The van der Waals surface area contributed by atoms with Crippen molar-refractivity contribution < 1.29 is 4.79 Å². The van der Waals surface area contributed by atoms with Crippen molar-refractivity contribution in [3.63, 3.8) is 0 Å². The van der Waals surface area contributed by atoms with Gasteiger partial charge in [0.05, 0.1) is 6.04 Å². The molecule has 5 heteroatoms. The van der Waals surface area contributed by atoms with Gasteiger partial charge in [0.1, 0.15) is 0 Å². The second-order valence-corrected chi connectivity index (χ2v) is 5.07. The molecule has 0 bridgehead atoms. The maximum atomic E-state index is 12.1. The number of anilines is 1. The molecule has 1 aromatic heterocycles. The normalized spacial score (nSPS) is 11.9. The summed E-state index contributed by atoms with van der Waals surface area (Å²) in [5.74, 6) is -0.134. The number of rotatable bonds is 3. The van der Waals surface area contributed by atoms with Gasteiger partial charge in [-0.2, -0.15) is 0 Å². The molecule has 2 aromatic rings. The second kappa shape index (κ2) is 5.84. The summed E-state index contributed by atoms with van der Waals surface area (Å²) < 4.78 is 0.719. The summed E-state index contributed by atoms with van der Waals surface area (Å²) in [6.07, 6.45) is 3.41. The molecule has 0 saturated carbocycles. The monoisotopic (exact) mass is 319 g/mol. The van der Waals surface area contributed by atoms with Crippen LogP contribution in [0, 0.1) is 0 Å². The van der Waals surface area contributed by atoms with Gasteiger partial charge in [-0.3, -0.25) is 9.78 Å². The lowest BCUT2D eigenvalue weighted by Gasteiger charge is -2.14. The summed E-state index contributed by atoms with van der Waals surface area (Å²) in [6.45, 7) is 1.93. The lowest BCUT2D eigenvalue weighted by molar-refractivity contribution is 0.0940. The first kappa shape index (κ1) is 13.5. The van der Waals surface area contributed by atoms with Crippen LogP contribution in [0.1, 0.15) is 28.9 Å². The fourth-order valence-corrected chi connectivity index (χ4v) is 2.06. The maximum Gasteiger partial charge on any atom is 0.251 e. The van der Waals surface area contributed by atoms with Crippen LogP contribution in [0.15, 0.2) is 47.2 Å². The molecule has 3 N–H and O–H groups in total. The Hall–Kier alpha value is -1.88. The first-order chi connectivity index (χ1) is 9.08. The van der Waals surface area contributed by atoms with E-state index in [0.717, 1.165) is 10.0 Å². The van der Waals surface area contributed by atoms with Crippen molar-refractivity contribution in [2.24, 2.45) is 0 Å². The van der Waals surface area contributed by atoms with Gasteiger partial charge in [-0.25, -0.2) is 0 Å². The van der Waals surface area contributed by atoms with Gasteiger partial charge >= 0.3 is 0 Å². The first-order valence-electron chi connectivity index (χ1n) is 5.83. The lowest BCUT2D eigenvalue weighted by Crippen LogP contribution is -2.26. The van der Waals surface area contributed by atoms with E-state index >= 15 is 0 Å². The molecule has 1 atom stereocenters. The summed E-state index contributed by atoms with van der Waals surface area (Å²) in [6, 6.07) is 8.80. The zero-order valence-electron chi connectivity index (χ0n) is 10.4. The Labute approximate surface area is 120 Å². The summed E-state index contributed by atoms with van der Waals surface area (Å²) in [5, 5.41) is 2.93. The molecular formula is C14H14BrN3O. The van der Waals surface area contributed by atoms with Gasteiger partial charge < -0.3 is 11.1 Å². The van der Waals surface area contributed by atoms with Crippen LogP contribution in [0.5, 0.6) is 0 Å². The average molecular weight is 320 g/mol. The van der Waals surface area contributed by atoms with Crippen molar-refractivity contribution in [1.82, 2.24) is 10.3 Å². The number of amides is 1. The van der Waals surface area contributed by atoms with Crippen LogP contribution in [0.3, 0.4) is 0 Å². The smallest absolute Gasteiger partial charge is 0.251 e. The number of nitrogens with one attached hydrogen (secondary N) is 1. The van der Waals surface area contributed by atoms with E-state index in [1.807, 2.05) is 19.1 Å². The third-order valence-corrected chi connectivity index (χ3v) is 3.50. The van der Waals surface area contributed by atoms with E-state index in [9.17, 15) is 4.79 Å². The molecule has 0 fully saturated rings. The predicted molar refractivity (Wildman–Crippen MR) is 78.7 cm³/mol. The molecule has 0 aliphatic heterocycles. The van der Waals surface area contributed by atoms with Crippen LogP contribution >= 0.6 is 15.9 Å². The Morgan fingerprint density at radius 1 is 1.32 bits per heavy atom. The van der Waals surface area contributed by atoms with Gasteiger partial charge in [-0.1, -0.05) is 0 Å². The van der Waals surface area contributed by atoms with Crippen LogP contribution in [-0.2, 0) is 0 Å². The Bertz CT molecular complexity index is 586. The van der Waals surface area contributed by atoms with Crippen LogP contribution in [-0.4, -0.2) is 10.9 Å². The highest BCUT2D eigenvalue weighted by Gasteiger charge is 2.12. The van der Waals surface area contributed by atoms with Crippen molar-refractivity contribution in [3.05, 3.63) is 58.3 Å². The van der Waals surface area contributed by atoms with E-state index in [1.54, 1.807) is 30.6 Å². The molecule has 1 amide bonds. The second-order valence-electron chi connectivity index (χ2n) is 4.21. The number of nitrogen functional groups attached to an aromatic ring is 1. The van der Waals surface area contributed by atoms with Crippen molar-refractivity contribution in [2.75, 3.05) is 5.73 Å². The number of halogens is 1. The van der Waals surface area contributed by atoms with Crippen LogP contribution in [0.2, 0.25) is 0 Å². The van der Waals surface area contributed by atoms with E-state index in [4.69, 9.17) is 5.73 Å². The molecule has 0 aliphatic rings. The quantitative estimate of drug-likeness (QED) is 0.855. The number of carbonyl (C=O) groups is 1. The van der Waals surface area contributed by atoms with E-state index in [0.29, 0.717) is 11.3 Å². The van der Waals surface area contributed by atoms with Gasteiger partial charge in [-0.05, 0) is 58.7 Å². The number of hydrogen-bond acceptors (Lipinski definition) is 3. The minimum atomic E-state index is -0.134. The minimum Gasteiger partial charge on any atom is -0.398 e. The summed E-state index contributed by atoms with van der Waals surface area (Å²) in [7, 11) is 0. The summed E-state index contributed by atoms with van der Waals surface area (Å²) in [5.41, 5.74) is 7.89. The number of aromatic nitrogens is 1. The van der Waals surface area contributed by atoms with Crippen molar-refractivity contribution >= 4 is 27.5 Å². The highest BCUT2D eigenvalue weighted by Crippen LogP contribution is 2.21. The molecule has 0 saturated heterocycles. The Morgan fingerprint density at radius 3 is 2.63 bits per heavy atom. The van der Waals surface area contributed by atoms with E-state index < -0.39 is 0 Å². The summed E-state index contributed by atoms with van der Waals surface area (Å²) >= 11 is 3.31. The van der Waals surface area contributed by atoms with Crippen LogP contribution in [0.4, 0.5) is 5.69 Å². The summed E-state index contributed by atoms with van der Waals surface area (Å²) in [4.78, 5) is 16.1. The molecule has 0 radical (unpaired) electrons. The van der Waals surface area contributed by atoms with E-state index in [2.05, 4.69) is 26.2 Å². The van der Waals surface area contributed by atoms with Gasteiger partial charge in [0.2, 0.25) is 0 Å². The largest absolute Gasteiger partial charge is 0.398 e. The molecule has 1 aromatic carbocycles. The van der Waals surface area contributed by atoms with Crippen LogP contribution < -0.4 is 11.1 Å². The van der Waals surface area contributed by atoms with Crippen molar-refractivity contribution in [3.8, 4) is 0 Å². The van der Waals surface area contributed by atoms with Crippen molar-refractivity contribution in [1.29, 1.82) is 0 Å².